The van der Waals surface area contributed by atoms with Crippen molar-refractivity contribution >= 4 is 11.8 Å². The van der Waals surface area contributed by atoms with Crippen LogP contribution in [0.15, 0.2) is 83.9 Å². The van der Waals surface area contributed by atoms with Crippen molar-refractivity contribution in [1.82, 2.24) is 0 Å². The Bertz CT molecular complexity index is 969. The largest absolute Gasteiger partial charge is 0.489 e. The van der Waals surface area contributed by atoms with Crippen molar-refractivity contribution in [2.75, 3.05) is 6.54 Å². The zero-order chi connectivity index (χ0) is 18.5. The molecular weight excluding hydrogens is 330 g/mol. The molecule has 0 atom stereocenters. The number of allylic oxidation sites excluding steroid dienone is 1. The van der Waals surface area contributed by atoms with E-state index in [9.17, 15) is 0 Å². The van der Waals surface area contributed by atoms with Crippen LogP contribution in [0.25, 0.3) is 6.08 Å². The van der Waals surface area contributed by atoms with E-state index in [0.29, 0.717) is 6.61 Å². The number of benzene rings is 3. The third-order valence-electron chi connectivity index (χ3n) is 4.78. The molecule has 134 valence electrons. The van der Waals surface area contributed by atoms with E-state index in [2.05, 4.69) is 67.6 Å². The maximum absolute atomic E-state index is 5.98. The van der Waals surface area contributed by atoms with E-state index in [4.69, 9.17) is 9.73 Å². The van der Waals surface area contributed by atoms with Gasteiger partial charge >= 0.3 is 0 Å². The summed E-state index contributed by atoms with van der Waals surface area (Å²) in [5, 5.41) is 0. The van der Waals surface area contributed by atoms with Gasteiger partial charge in [0.15, 0.2) is 0 Å². The third-order valence-corrected chi connectivity index (χ3v) is 4.78. The minimum atomic E-state index is 0.591. The Kier molecular flexibility index (Phi) is 5.15. The third kappa shape index (κ3) is 4.35. The number of ether oxygens (including phenoxy) is 1. The molecule has 2 nitrogen and oxygen atoms in total. The van der Waals surface area contributed by atoms with Crippen LogP contribution in [0.1, 0.15) is 27.8 Å². The second-order valence-electron chi connectivity index (χ2n) is 6.85. The summed E-state index contributed by atoms with van der Waals surface area (Å²) in [5.74, 6) is 0.918. The molecule has 0 spiro atoms. The molecule has 0 amide bonds. The van der Waals surface area contributed by atoms with E-state index in [0.717, 1.165) is 24.4 Å². The molecule has 1 heterocycles. The molecule has 27 heavy (non-hydrogen) atoms. The fourth-order valence-electron chi connectivity index (χ4n) is 3.23. The van der Waals surface area contributed by atoms with Crippen LogP contribution in [0.3, 0.4) is 0 Å². The van der Waals surface area contributed by atoms with Crippen molar-refractivity contribution in [3.63, 3.8) is 0 Å². The summed E-state index contributed by atoms with van der Waals surface area (Å²) in [4.78, 5) is 4.72. The highest BCUT2D eigenvalue weighted by atomic mass is 16.5. The highest BCUT2D eigenvalue weighted by Gasteiger charge is 2.13. The Hall–Kier alpha value is -3.13. The van der Waals surface area contributed by atoms with Gasteiger partial charge in [-0.15, -0.1) is 0 Å². The number of hydrogen-bond donors (Lipinski definition) is 0. The Morgan fingerprint density at radius 1 is 0.926 bits per heavy atom. The van der Waals surface area contributed by atoms with E-state index >= 15 is 0 Å². The van der Waals surface area contributed by atoms with Gasteiger partial charge in [0.1, 0.15) is 12.4 Å². The van der Waals surface area contributed by atoms with Gasteiger partial charge in [-0.3, -0.25) is 4.99 Å². The van der Waals surface area contributed by atoms with Crippen molar-refractivity contribution in [3.05, 3.63) is 107 Å². The van der Waals surface area contributed by atoms with E-state index in [-0.39, 0.29) is 0 Å². The first-order chi connectivity index (χ1) is 13.3. The smallest absolute Gasteiger partial charge is 0.120 e. The van der Waals surface area contributed by atoms with Crippen molar-refractivity contribution in [3.8, 4) is 5.75 Å². The molecule has 0 bridgehead atoms. The van der Waals surface area contributed by atoms with Crippen LogP contribution in [0, 0.1) is 6.92 Å². The molecule has 0 unspecified atom stereocenters. The highest BCUT2D eigenvalue weighted by molar-refractivity contribution is 6.12. The van der Waals surface area contributed by atoms with Gasteiger partial charge in [-0.25, -0.2) is 0 Å². The van der Waals surface area contributed by atoms with Gasteiger partial charge in [0.2, 0.25) is 0 Å². The Morgan fingerprint density at radius 3 is 2.56 bits per heavy atom. The Morgan fingerprint density at radius 2 is 1.74 bits per heavy atom. The summed E-state index contributed by atoms with van der Waals surface area (Å²) in [5.41, 5.74) is 7.20. The standard InChI is InChI=1S/C25H23NO/c1-19-7-9-20(10-8-19)11-14-25-24-13-12-23(17-22(24)15-16-26-25)27-18-21-5-3-2-4-6-21/h2-14,17H,15-16,18H2,1H3/b14-11+. The second-order valence-corrected chi connectivity index (χ2v) is 6.85. The van der Waals surface area contributed by atoms with Gasteiger partial charge < -0.3 is 4.74 Å². The first kappa shape index (κ1) is 17.3. The van der Waals surface area contributed by atoms with E-state index in [1.807, 2.05) is 24.3 Å². The van der Waals surface area contributed by atoms with Crippen molar-refractivity contribution < 1.29 is 4.74 Å². The minimum absolute atomic E-state index is 0.591. The van der Waals surface area contributed by atoms with Crippen molar-refractivity contribution in [2.24, 2.45) is 4.99 Å². The van der Waals surface area contributed by atoms with Gasteiger partial charge in [0, 0.05) is 12.1 Å². The second kappa shape index (κ2) is 8.05. The average molecular weight is 353 g/mol. The topological polar surface area (TPSA) is 21.6 Å². The normalized spacial score (nSPS) is 13.3. The SMILES string of the molecule is Cc1ccc(/C=C/C2=NCCc3cc(OCc4ccccc4)ccc32)cc1. The zero-order valence-corrected chi connectivity index (χ0v) is 15.6. The Balaban J connectivity index is 1.49. The van der Waals surface area contributed by atoms with E-state index in [1.165, 1.54) is 27.8 Å². The van der Waals surface area contributed by atoms with Crippen LogP contribution in [0.2, 0.25) is 0 Å². The number of aryl methyl sites for hydroxylation is 1. The average Bonchev–Trinajstić information content (AvgIpc) is 2.72. The van der Waals surface area contributed by atoms with Gasteiger partial charge in [-0.1, -0.05) is 66.2 Å². The zero-order valence-electron chi connectivity index (χ0n) is 15.6. The first-order valence-electron chi connectivity index (χ1n) is 9.37. The number of hydrogen-bond acceptors (Lipinski definition) is 2. The molecule has 0 aliphatic carbocycles. The quantitative estimate of drug-likeness (QED) is 0.582. The maximum Gasteiger partial charge on any atom is 0.120 e. The fraction of sp³-hybridized carbons (Fsp3) is 0.160. The molecule has 2 heteroatoms. The molecule has 1 aliphatic rings. The van der Waals surface area contributed by atoms with Crippen LogP contribution in [0.5, 0.6) is 5.75 Å². The van der Waals surface area contributed by atoms with E-state index < -0.39 is 0 Å². The molecular formula is C25H23NO. The lowest BCUT2D eigenvalue weighted by molar-refractivity contribution is 0.306. The lowest BCUT2D eigenvalue weighted by atomic mass is 9.96. The predicted octanol–water partition coefficient (Wildman–Crippen LogP) is 5.63. The van der Waals surface area contributed by atoms with Gasteiger partial charge in [0.25, 0.3) is 0 Å². The predicted molar refractivity (Wildman–Crippen MR) is 113 cm³/mol. The summed E-state index contributed by atoms with van der Waals surface area (Å²) in [6.45, 7) is 3.52. The van der Waals surface area contributed by atoms with Gasteiger partial charge in [-0.2, -0.15) is 0 Å². The van der Waals surface area contributed by atoms with Crippen LogP contribution in [-0.2, 0) is 13.0 Å². The number of fused-ring (bicyclic) bond motifs is 1. The number of aliphatic imine (C=N–C) groups is 1. The maximum atomic E-state index is 5.98. The lowest BCUT2D eigenvalue weighted by Crippen LogP contribution is -2.11. The molecule has 0 saturated carbocycles. The lowest BCUT2D eigenvalue weighted by Gasteiger charge is -2.16. The first-order valence-corrected chi connectivity index (χ1v) is 9.37. The molecule has 0 aromatic heterocycles. The highest BCUT2D eigenvalue weighted by Crippen LogP contribution is 2.24. The van der Waals surface area contributed by atoms with Crippen LogP contribution in [0.4, 0.5) is 0 Å². The Labute approximate surface area is 160 Å². The van der Waals surface area contributed by atoms with Gasteiger partial charge in [0.05, 0.1) is 5.71 Å². The molecule has 3 aromatic rings. The monoisotopic (exact) mass is 353 g/mol. The molecule has 1 aliphatic heterocycles. The van der Waals surface area contributed by atoms with Crippen LogP contribution >= 0.6 is 0 Å². The molecule has 0 N–H and O–H groups in total. The van der Waals surface area contributed by atoms with Gasteiger partial charge in [-0.05, 0) is 54.3 Å². The summed E-state index contributed by atoms with van der Waals surface area (Å²) in [6, 6.07) is 25.1. The number of nitrogens with zero attached hydrogens (tertiary/aromatic N) is 1. The van der Waals surface area contributed by atoms with Crippen LogP contribution in [-0.4, -0.2) is 12.3 Å². The summed E-state index contributed by atoms with van der Waals surface area (Å²) >= 11 is 0. The molecule has 0 fully saturated rings. The van der Waals surface area contributed by atoms with E-state index in [1.54, 1.807) is 0 Å². The van der Waals surface area contributed by atoms with Crippen molar-refractivity contribution in [1.29, 1.82) is 0 Å². The van der Waals surface area contributed by atoms with Crippen molar-refractivity contribution in [2.45, 2.75) is 20.0 Å². The minimum Gasteiger partial charge on any atom is -0.489 e. The molecule has 0 radical (unpaired) electrons. The summed E-state index contributed by atoms with van der Waals surface area (Å²) in [7, 11) is 0. The summed E-state index contributed by atoms with van der Waals surface area (Å²) < 4.78 is 5.98. The summed E-state index contributed by atoms with van der Waals surface area (Å²) in [6.07, 6.45) is 5.21. The molecule has 0 saturated heterocycles. The van der Waals surface area contributed by atoms with Crippen LogP contribution < -0.4 is 4.74 Å². The molecule has 3 aromatic carbocycles. The fourth-order valence-corrected chi connectivity index (χ4v) is 3.23. The molecule has 4 rings (SSSR count). The number of rotatable bonds is 5.